The molecule has 0 aliphatic carbocycles. The molecule has 29 heavy (non-hydrogen) atoms. The average Bonchev–Trinajstić information content (AvgIpc) is 3.25. The van der Waals surface area contributed by atoms with Crippen molar-refractivity contribution in [3.05, 3.63) is 106 Å². The van der Waals surface area contributed by atoms with Gasteiger partial charge >= 0.3 is 0 Å². The summed E-state index contributed by atoms with van der Waals surface area (Å²) in [6.45, 7) is 0. The molecule has 2 aromatic heterocycles. The van der Waals surface area contributed by atoms with Crippen LogP contribution >= 0.6 is 11.3 Å². The number of non-ortho nitro benzene ring substituents is 1. The van der Waals surface area contributed by atoms with Gasteiger partial charge in [0.25, 0.3) is 5.69 Å². The van der Waals surface area contributed by atoms with E-state index in [-0.39, 0.29) is 5.69 Å². The molecule has 4 rings (SSSR count). The molecule has 0 spiro atoms. The lowest BCUT2D eigenvalue weighted by Gasteiger charge is -2.06. The van der Waals surface area contributed by atoms with Gasteiger partial charge in [0, 0.05) is 34.8 Å². The maximum absolute atomic E-state index is 11.0. The van der Waals surface area contributed by atoms with Crippen LogP contribution < -0.4 is 5.43 Å². The molecule has 0 bridgehead atoms. The first-order valence-electron chi connectivity index (χ1n) is 8.71. The smallest absolute Gasteiger partial charge is 0.258 e. The molecule has 4 aromatic rings. The van der Waals surface area contributed by atoms with Crippen LogP contribution in [0.2, 0.25) is 0 Å². The molecule has 0 saturated carbocycles. The molecule has 0 saturated heterocycles. The summed E-state index contributed by atoms with van der Waals surface area (Å²) < 4.78 is 0. The topological polar surface area (TPSA) is 93.3 Å². The zero-order valence-electron chi connectivity index (χ0n) is 15.1. The number of pyridine rings is 1. The Hall–Kier alpha value is -3.91. The lowest BCUT2D eigenvalue weighted by atomic mass is 10.1. The van der Waals surface area contributed by atoms with Crippen molar-refractivity contribution >= 4 is 27.9 Å². The van der Waals surface area contributed by atoms with Crippen molar-refractivity contribution in [3.8, 4) is 11.3 Å². The third-order valence-electron chi connectivity index (χ3n) is 4.08. The van der Waals surface area contributed by atoms with Crippen molar-refractivity contribution in [2.75, 3.05) is 5.43 Å². The molecule has 2 aromatic carbocycles. The molecule has 0 aliphatic rings. The fourth-order valence-electron chi connectivity index (χ4n) is 2.71. The predicted molar refractivity (Wildman–Crippen MR) is 114 cm³/mol. The fourth-order valence-corrected chi connectivity index (χ4v) is 3.37. The molecule has 0 fully saturated rings. The zero-order chi connectivity index (χ0) is 20.1. The van der Waals surface area contributed by atoms with Crippen LogP contribution in [0.25, 0.3) is 11.3 Å². The highest BCUT2D eigenvalue weighted by Gasteiger charge is 2.11. The lowest BCUT2D eigenvalue weighted by Crippen LogP contribution is -2.08. The number of hydrazone groups is 1. The molecule has 0 atom stereocenters. The number of hydrogen-bond donors (Lipinski definition) is 1. The summed E-state index contributed by atoms with van der Waals surface area (Å²) in [5, 5.41) is 17.9. The maximum Gasteiger partial charge on any atom is 0.270 e. The van der Waals surface area contributed by atoms with Crippen molar-refractivity contribution in [1.82, 2.24) is 9.97 Å². The molecule has 0 aliphatic heterocycles. The van der Waals surface area contributed by atoms with E-state index in [1.165, 1.54) is 23.5 Å². The number of nitrogens with zero attached hydrogens (tertiary/aromatic N) is 4. The summed E-state index contributed by atoms with van der Waals surface area (Å²) in [5.74, 6) is 0. The van der Waals surface area contributed by atoms with Gasteiger partial charge in [-0.2, -0.15) is 5.10 Å². The van der Waals surface area contributed by atoms with Crippen LogP contribution in [0.15, 0.2) is 89.5 Å². The van der Waals surface area contributed by atoms with E-state index in [1.807, 2.05) is 53.9 Å². The maximum atomic E-state index is 11.0. The van der Waals surface area contributed by atoms with E-state index in [1.54, 1.807) is 18.3 Å². The summed E-state index contributed by atoms with van der Waals surface area (Å²) in [4.78, 5) is 19.5. The number of nitrogens with one attached hydrogen (secondary N) is 1. The number of thiazole rings is 1. The Morgan fingerprint density at radius 3 is 2.62 bits per heavy atom. The lowest BCUT2D eigenvalue weighted by molar-refractivity contribution is -0.384. The number of hydrogen-bond acceptors (Lipinski definition) is 7. The first kappa shape index (κ1) is 18.5. The van der Waals surface area contributed by atoms with Gasteiger partial charge in [0.05, 0.1) is 16.3 Å². The van der Waals surface area contributed by atoms with Crippen LogP contribution in [-0.2, 0) is 0 Å². The van der Waals surface area contributed by atoms with E-state index in [0.717, 1.165) is 11.3 Å². The van der Waals surface area contributed by atoms with E-state index in [4.69, 9.17) is 0 Å². The Morgan fingerprint density at radius 1 is 1.03 bits per heavy atom. The fraction of sp³-hybridized carbons (Fsp3) is 0. The van der Waals surface area contributed by atoms with Gasteiger partial charge in [-0.05, 0) is 12.1 Å². The zero-order valence-corrected chi connectivity index (χ0v) is 15.9. The van der Waals surface area contributed by atoms with Crippen LogP contribution in [0, 0.1) is 10.1 Å². The summed E-state index contributed by atoms with van der Waals surface area (Å²) in [7, 11) is 0. The standard InChI is InChI=1S/C21H15N5O2S/c27-26(28)17-10-6-9-16(13-17)19-14-29-21(23-19)25-24-20(15-7-2-1-3-8-15)18-11-4-5-12-22-18/h1-14H,(H,23,25)/b24-20+. The molecule has 0 unspecified atom stereocenters. The van der Waals surface area contributed by atoms with Crippen molar-refractivity contribution in [1.29, 1.82) is 0 Å². The van der Waals surface area contributed by atoms with Gasteiger partial charge in [-0.1, -0.05) is 48.5 Å². The predicted octanol–water partition coefficient (Wildman–Crippen LogP) is 4.98. The molecule has 2 heterocycles. The van der Waals surface area contributed by atoms with Crippen LogP contribution in [-0.4, -0.2) is 20.6 Å². The van der Waals surface area contributed by atoms with Gasteiger partial charge in [-0.15, -0.1) is 11.3 Å². The van der Waals surface area contributed by atoms with Crippen molar-refractivity contribution in [3.63, 3.8) is 0 Å². The quantitative estimate of drug-likeness (QED) is 0.279. The van der Waals surface area contributed by atoms with E-state index < -0.39 is 4.92 Å². The van der Waals surface area contributed by atoms with Gasteiger partial charge in [-0.25, -0.2) is 4.98 Å². The molecule has 8 heteroatoms. The summed E-state index contributed by atoms with van der Waals surface area (Å²) >= 11 is 1.37. The third-order valence-corrected chi connectivity index (χ3v) is 4.82. The first-order chi connectivity index (χ1) is 14.2. The molecule has 7 nitrogen and oxygen atoms in total. The normalized spacial score (nSPS) is 11.2. The number of nitro benzene ring substituents is 1. The number of aromatic nitrogens is 2. The largest absolute Gasteiger partial charge is 0.270 e. The van der Waals surface area contributed by atoms with Crippen LogP contribution in [0.1, 0.15) is 11.3 Å². The third kappa shape index (κ3) is 4.33. The Kier molecular flexibility index (Phi) is 5.35. The molecular weight excluding hydrogens is 386 g/mol. The highest BCUT2D eigenvalue weighted by Crippen LogP contribution is 2.27. The summed E-state index contributed by atoms with van der Waals surface area (Å²) in [6, 6.07) is 21.8. The van der Waals surface area contributed by atoms with Crippen LogP contribution in [0.3, 0.4) is 0 Å². The van der Waals surface area contributed by atoms with E-state index in [2.05, 4.69) is 20.5 Å². The molecule has 0 radical (unpaired) electrons. The number of benzene rings is 2. The SMILES string of the molecule is O=[N+]([O-])c1cccc(-c2csc(N/N=C(\c3ccccc3)c3ccccn3)n2)c1. The van der Waals surface area contributed by atoms with Gasteiger partial charge in [0.1, 0.15) is 5.71 Å². The van der Waals surface area contributed by atoms with E-state index in [9.17, 15) is 10.1 Å². The van der Waals surface area contributed by atoms with Gasteiger partial charge in [-0.3, -0.25) is 20.5 Å². The number of anilines is 1. The summed E-state index contributed by atoms with van der Waals surface area (Å²) in [6.07, 6.45) is 1.72. The highest BCUT2D eigenvalue weighted by atomic mass is 32.1. The van der Waals surface area contributed by atoms with Crippen molar-refractivity contribution < 1.29 is 4.92 Å². The minimum atomic E-state index is -0.418. The first-order valence-corrected chi connectivity index (χ1v) is 9.59. The Labute approximate surface area is 170 Å². The van der Waals surface area contributed by atoms with E-state index >= 15 is 0 Å². The van der Waals surface area contributed by atoms with Crippen molar-refractivity contribution in [2.24, 2.45) is 5.10 Å². The van der Waals surface area contributed by atoms with Gasteiger partial charge in [0.15, 0.2) is 0 Å². The second kappa shape index (κ2) is 8.41. The monoisotopic (exact) mass is 401 g/mol. The molecule has 1 N–H and O–H groups in total. The highest BCUT2D eigenvalue weighted by molar-refractivity contribution is 7.14. The Balaban J connectivity index is 1.62. The molecule has 0 amide bonds. The van der Waals surface area contributed by atoms with Gasteiger partial charge in [0.2, 0.25) is 5.13 Å². The molecular formula is C21H15N5O2S. The van der Waals surface area contributed by atoms with Gasteiger partial charge < -0.3 is 0 Å². The van der Waals surface area contributed by atoms with E-state index in [0.29, 0.717) is 22.1 Å². The average molecular weight is 401 g/mol. The minimum absolute atomic E-state index is 0.0320. The second-order valence-corrected chi connectivity index (χ2v) is 6.86. The van der Waals surface area contributed by atoms with Crippen molar-refractivity contribution in [2.45, 2.75) is 0 Å². The number of nitro groups is 1. The van der Waals surface area contributed by atoms with Crippen LogP contribution in [0.4, 0.5) is 10.8 Å². The van der Waals surface area contributed by atoms with Crippen LogP contribution in [0.5, 0.6) is 0 Å². The second-order valence-electron chi connectivity index (χ2n) is 6.00. The minimum Gasteiger partial charge on any atom is -0.258 e. The summed E-state index contributed by atoms with van der Waals surface area (Å²) in [5.41, 5.74) is 6.71. The Morgan fingerprint density at radius 2 is 1.86 bits per heavy atom. The Bertz CT molecular complexity index is 1120. The number of rotatable bonds is 6. The molecule has 142 valence electrons.